The van der Waals surface area contributed by atoms with Gasteiger partial charge in [0.1, 0.15) is 11.8 Å². The third-order valence-corrected chi connectivity index (χ3v) is 5.01. The number of aromatic nitrogens is 2. The van der Waals surface area contributed by atoms with Crippen molar-refractivity contribution in [1.82, 2.24) is 14.9 Å². The van der Waals surface area contributed by atoms with Crippen LogP contribution in [0.4, 0.5) is 27.9 Å². The standard InChI is InChI=1S/C21H26N6O4/c1-21(2,3)31-20(28)26-9-8-13-10-16(5-4-14(13)12-26)24-19-22-11-17(27(29)30)18(25-19)23-15-6-7-15/h4-5,10-11,15H,6-9,12H2,1-3H3,(H2,22,23,24,25). The first-order chi connectivity index (χ1) is 14.7. The number of carbonyl (C=O) groups excluding carboxylic acids is 1. The van der Waals surface area contributed by atoms with Crippen LogP contribution < -0.4 is 10.6 Å². The molecule has 2 aromatic rings. The second-order valence-electron chi connectivity index (χ2n) is 8.86. The van der Waals surface area contributed by atoms with Gasteiger partial charge >= 0.3 is 11.8 Å². The van der Waals surface area contributed by atoms with E-state index in [0.29, 0.717) is 25.5 Å². The van der Waals surface area contributed by atoms with Gasteiger partial charge in [0.15, 0.2) is 0 Å². The average molecular weight is 426 g/mol. The van der Waals surface area contributed by atoms with Crippen LogP contribution in [-0.4, -0.2) is 44.1 Å². The molecule has 1 aliphatic heterocycles. The average Bonchev–Trinajstić information content (AvgIpc) is 3.50. The van der Waals surface area contributed by atoms with Gasteiger partial charge in [-0.3, -0.25) is 10.1 Å². The number of nitrogens with one attached hydrogen (secondary N) is 2. The van der Waals surface area contributed by atoms with Crippen LogP contribution in [0.5, 0.6) is 0 Å². The minimum absolute atomic E-state index is 0.134. The highest BCUT2D eigenvalue weighted by molar-refractivity contribution is 5.69. The smallest absolute Gasteiger partial charge is 0.410 e. The van der Waals surface area contributed by atoms with Crippen LogP contribution in [0.1, 0.15) is 44.7 Å². The fourth-order valence-electron chi connectivity index (χ4n) is 3.34. The molecule has 0 bridgehead atoms. The maximum absolute atomic E-state index is 12.3. The van der Waals surface area contributed by atoms with E-state index >= 15 is 0 Å². The van der Waals surface area contributed by atoms with E-state index in [4.69, 9.17) is 4.74 Å². The van der Waals surface area contributed by atoms with Crippen molar-refractivity contribution in [3.05, 3.63) is 45.6 Å². The number of nitro groups is 1. The van der Waals surface area contributed by atoms with Crippen LogP contribution in [0, 0.1) is 10.1 Å². The molecule has 1 aromatic carbocycles. The first kappa shape index (κ1) is 20.8. The molecule has 4 rings (SSSR count). The fraction of sp³-hybridized carbons (Fsp3) is 0.476. The Morgan fingerprint density at radius 2 is 2.06 bits per heavy atom. The zero-order chi connectivity index (χ0) is 22.2. The Hall–Kier alpha value is -3.43. The summed E-state index contributed by atoms with van der Waals surface area (Å²) in [6, 6.07) is 6.08. The lowest BCUT2D eigenvalue weighted by atomic mass is 9.99. The Bertz CT molecular complexity index is 1020. The quantitative estimate of drug-likeness (QED) is 0.543. The maximum Gasteiger partial charge on any atom is 0.410 e. The Labute approximate surface area is 180 Å². The van der Waals surface area contributed by atoms with Crippen LogP contribution in [0.25, 0.3) is 0 Å². The highest BCUT2D eigenvalue weighted by Gasteiger charge is 2.27. The first-order valence-electron chi connectivity index (χ1n) is 10.3. The fourth-order valence-corrected chi connectivity index (χ4v) is 3.34. The molecule has 0 unspecified atom stereocenters. The highest BCUT2D eigenvalue weighted by atomic mass is 16.6. The Kier molecular flexibility index (Phi) is 5.38. The van der Waals surface area contributed by atoms with E-state index in [-0.39, 0.29) is 23.6 Å². The minimum atomic E-state index is -0.525. The zero-order valence-electron chi connectivity index (χ0n) is 17.8. The van der Waals surface area contributed by atoms with Crippen LogP contribution >= 0.6 is 0 Å². The molecule has 0 radical (unpaired) electrons. The zero-order valence-corrected chi connectivity index (χ0v) is 17.8. The molecule has 2 N–H and O–H groups in total. The summed E-state index contributed by atoms with van der Waals surface area (Å²) in [6.45, 7) is 6.63. The number of benzene rings is 1. The molecule has 0 atom stereocenters. The van der Waals surface area contributed by atoms with Crippen molar-refractivity contribution in [1.29, 1.82) is 0 Å². The second-order valence-corrected chi connectivity index (χ2v) is 8.86. The molecule has 10 heteroatoms. The van der Waals surface area contributed by atoms with Crippen molar-refractivity contribution in [2.75, 3.05) is 17.2 Å². The van der Waals surface area contributed by atoms with Crippen molar-refractivity contribution in [2.45, 2.75) is 58.2 Å². The number of hydrogen-bond donors (Lipinski definition) is 2. The number of amides is 1. The summed E-state index contributed by atoms with van der Waals surface area (Å²) >= 11 is 0. The molecule has 1 aliphatic carbocycles. The topological polar surface area (TPSA) is 123 Å². The molecule has 1 aromatic heterocycles. The van der Waals surface area contributed by atoms with Gasteiger partial charge < -0.3 is 20.3 Å². The van der Waals surface area contributed by atoms with Crippen LogP contribution in [0.15, 0.2) is 24.4 Å². The summed E-state index contributed by atoms with van der Waals surface area (Å²) in [6.07, 6.45) is 3.58. The molecular formula is C21H26N6O4. The highest BCUT2D eigenvalue weighted by Crippen LogP contribution is 2.30. The summed E-state index contributed by atoms with van der Waals surface area (Å²) in [4.78, 5) is 33.2. The predicted octanol–water partition coefficient (Wildman–Crippen LogP) is 4.00. The molecule has 0 saturated heterocycles. The molecular weight excluding hydrogens is 400 g/mol. The van der Waals surface area contributed by atoms with Crippen molar-refractivity contribution in [3.63, 3.8) is 0 Å². The molecule has 0 spiro atoms. The lowest BCUT2D eigenvalue weighted by molar-refractivity contribution is -0.384. The van der Waals surface area contributed by atoms with Gasteiger partial charge in [-0.25, -0.2) is 9.78 Å². The number of fused-ring (bicyclic) bond motifs is 1. The van der Waals surface area contributed by atoms with Crippen molar-refractivity contribution in [2.24, 2.45) is 0 Å². The lowest BCUT2D eigenvalue weighted by Gasteiger charge is -2.31. The van der Waals surface area contributed by atoms with E-state index in [0.717, 1.165) is 29.7 Å². The van der Waals surface area contributed by atoms with Gasteiger partial charge in [0.25, 0.3) is 0 Å². The Balaban J connectivity index is 1.47. The first-order valence-corrected chi connectivity index (χ1v) is 10.3. The number of rotatable bonds is 5. The molecule has 1 saturated carbocycles. The number of ether oxygens (including phenoxy) is 1. The van der Waals surface area contributed by atoms with E-state index in [2.05, 4.69) is 20.6 Å². The van der Waals surface area contributed by atoms with Crippen LogP contribution in [0.2, 0.25) is 0 Å². The van der Waals surface area contributed by atoms with E-state index in [1.807, 2.05) is 39.0 Å². The lowest BCUT2D eigenvalue weighted by Crippen LogP contribution is -2.39. The minimum Gasteiger partial charge on any atom is -0.444 e. The van der Waals surface area contributed by atoms with Gasteiger partial charge in [0.2, 0.25) is 11.8 Å². The molecule has 31 heavy (non-hydrogen) atoms. The van der Waals surface area contributed by atoms with Crippen LogP contribution in [0.3, 0.4) is 0 Å². The summed E-state index contributed by atoms with van der Waals surface area (Å²) < 4.78 is 5.47. The summed E-state index contributed by atoms with van der Waals surface area (Å²) in [5.41, 5.74) is 2.32. The Morgan fingerprint density at radius 1 is 1.29 bits per heavy atom. The monoisotopic (exact) mass is 426 g/mol. The molecule has 164 valence electrons. The SMILES string of the molecule is CC(C)(C)OC(=O)N1CCc2cc(Nc3ncc([N+](=O)[O-])c(NC4CC4)n3)ccc2C1. The summed E-state index contributed by atoms with van der Waals surface area (Å²) in [7, 11) is 0. The number of nitrogens with zero attached hydrogens (tertiary/aromatic N) is 4. The Morgan fingerprint density at radius 3 is 2.74 bits per heavy atom. The van der Waals surface area contributed by atoms with Gasteiger partial charge in [-0.05, 0) is 63.3 Å². The van der Waals surface area contributed by atoms with Crippen molar-refractivity contribution >= 4 is 29.2 Å². The molecule has 1 amide bonds. The molecule has 2 aliphatic rings. The van der Waals surface area contributed by atoms with E-state index < -0.39 is 10.5 Å². The largest absolute Gasteiger partial charge is 0.444 e. The van der Waals surface area contributed by atoms with E-state index in [1.165, 1.54) is 6.20 Å². The van der Waals surface area contributed by atoms with Crippen molar-refractivity contribution in [3.8, 4) is 0 Å². The molecule has 10 nitrogen and oxygen atoms in total. The normalized spacial score (nSPS) is 15.8. The van der Waals surface area contributed by atoms with Gasteiger partial charge in [-0.2, -0.15) is 4.98 Å². The summed E-state index contributed by atoms with van der Waals surface area (Å²) in [5, 5.41) is 17.5. The van der Waals surface area contributed by atoms with Crippen molar-refractivity contribution < 1.29 is 14.5 Å². The van der Waals surface area contributed by atoms with Gasteiger partial charge in [-0.1, -0.05) is 6.07 Å². The maximum atomic E-state index is 12.3. The second kappa shape index (κ2) is 8.01. The van der Waals surface area contributed by atoms with E-state index in [9.17, 15) is 14.9 Å². The predicted molar refractivity (Wildman–Crippen MR) is 115 cm³/mol. The van der Waals surface area contributed by atoms with Crippen LogP contribution in [-0.2, 0) is 17.7 Å². The number of anilines is 3. The van der Waals surface area contributed by atoms with Gasteiger partial charge in [0.05, 0.1) is 4.92 Å². The van der Waals surface area contributed by atoms with Gasteiger partial charge in [-0.15, -0.1) is 0 Å². The number of carbonyl (C=O) groups is 1. The summed E-state index contributed by atoms with van der Waals surface area (Å²) in [5.74, 6) is 0.524. The molecule has 2 heterocycles. The third kappa shape index (κ3) is 5.19. The third-order valence-electron chi connectivity index (χ3n) is 5.01. The number of hydrogen-bond acceptors (Lipinski definition) is 8. The molecule has 1 fully saturated rings. The van der Waals surface area contributed by atoms with E-state index in [1.54, 1.807) is 4.90 Å². The van der Waals surface area contributed by atoms with Gasteiger partial charge in [0, 0.05) is 24.8 Å².